The Hall–Kier alpha value is -0.540. The Morgan fingerprint density at radius 1 is 1.58 bits per heavy atom. The number of hydrogen-bond acceptors (Lipinski definition) is 3. The number of thiophene rings is 1. The minimum absolute atomic E-state index is 0.281. The van der Waals surface area contributed by atoms with Gasteiger partial charge in [-0.25, -0.2) is 0 Å². The molecule has 0 spiro atoms. The van der Waals surface area contributed by atoms with Crippen LogP contribution in [0.1, 0.15) is 18.2 Å². The fraction of sp³-hybridized carbons (Fsp3) is 0.556. The van der Waals surface area contributed by atoms with Crippen molar-refractivity contribution in [3.8, 4) is 0 Å². The number of nitrogens with one attached hydrogen (secondary N) is 1. The summed E-state index contributed by atoms with van der Waals surface area (Å²) in [5.74, 6) is 0. The normalized spacial score (nSPS) is 10.2. The lowest BCUT2D eigenvalue weighted by molar-refractivity contribution is 0.289. The molecule has 3 heteroatoms. The van der Waals surface area contributed by atoms with Gasteiger partial charge in [0.1, 0.15) is 0 Å². The topological polar surface area (TPSA) is 32.3 Å². The standard InChI is InChI=1S/C9H15NOS/c1-2-10-8-5-7-12-9(8)4-3-6-11/h5,7,10-11H,2-4,6H2,1H3. The molecule has 0 saturated carbocycles. The van der Waals surface area contributed by atoms with Gasteiger partial charge >= 0.3 is 0 Å². The zero-order chi connectivity index (χ0) is 8.81. The molecule has 12 heavy (non-hydrogen) atoms. The molecule has 0 atom stereocenters. The highest BCUT2D eigenvalue weighted by Gasteiger charge is 2.01. The quantitative estimate of drug-likeness (QED) is 0.736. The lowest BCUT2D eigenvalue weighted by atomic mass is 10.2. The summed E-state index contributed by atoms with van der Waals surface area (Å²) in [5, 5.41) is 14.1. The van der Waals surface area contributed by atoms with Crippen molar-refractivity contribution in [2.45, 2.75) is 19.8 Å². The maximum absolute atomic E-state index is 8.67. The Balaban J connectivity index is 2.51. The number of aryl methyl sites for hydroxylation is 1. The van der Waals surface area contributed by atoms with Crippen molar-refractivity contribution < 1.29 is 5.11 Å². The molecule has 0 aliphatic carbocycles. The van der Waals surface area contributed by atoms with E-state index in [4.69, 9.17) is 5.11 Å². The predicted octanol–water partition coefficient (Wildman–Crippen LogP) is 2.10. The van der Waals surface area contributed by atoms with Crippen LogP contribution in [0, 0.1) is 0 Å². The van der Waals surface area contributed by atoms with E-state index in [0.717, 1.165) is 19.4 Å². The lowest BCUT2D eigenvalue weighted by Gasteiger charge is -2.03. The van der Waals surface area contributed by atoms with E-state index in [1.54, 1.807) is 11.3 Å². The van der Waals surface area contributed by atoms with Crippen LogP contribution in [0.5, 0.6) is 0 Å². The third-order valence-electron chi connectivity index (χ3n) is 1.67. The van der Waals surface area contributed by atoms with Gasteiger partial charge in [-0.1, -0.05) is 0 Å². The summed E-state index contributed by atoms with van der Waals surface area (Å²) >= 11 is 1.76. The molecule has 1 heterocycles. The number of aliphatic hydroxyl groups excluding tert-OH is 1. The van der Waals surface area contributed by atoms with E-state index in [2.05, 4.69) is 23.7 Å². The highest BCUT2D eigenvalue weighted by Crippen LogP contribution is 2.23. The van der Waals surface area contributed by atoms with Gasteiger partial charge in [-0.2, -0.15) is 0 Å². The lowest BCUT2D eigenvalue weighted by Crippen LogP contribution is -1.98. The maximum Gasteiger partial charge on any atom is 0.0481 e. The first-order chi connectivity index (χ1) is 5.88. The van der Waals surface area contributed by atoms with Crippen molar-refractivity contribution in [2.75, 3.05) is 18.5 Å². The molecule has 0 saturated heterocycles. The molecule has 0 unspecified atom stereocenters. The molecule has 0 bridgehead atoms. The SMILES string of the molecule is CCNc1ccsc1CCCO. The Morgan fingerprint density at radius 2 is 2.42 bits per heavy atom. The monoisotopic (exact) mass is 185 g/mol. The van der Waals surface area contributed by atoms with Gasteiger partial charge in [0.15, 0.2) is 0 Å². The van der Waals surface area contributed by atoms with Gasteiger partial charge in [-0.3, -0.25) is 0 Å². The minimum atomic E-state index is 0.281. The Morgan fingerprint density at radius 3 is 3.08 bits per heavy atom. The van der Waals surface area contributed by atoms with Crippen molar-refractivity contribution in [1.82, 2.24) is 0 Å². The predicted molar refractivity (Wildman–Crippen MR) is 53.9 cm³/mol. The van der Waals surface area contributed by atoms with E-state index in [1.165, 1.54) is 10.6 Å². The molecule has 0 aliphatic rings. The molecule has 0 fully saturated rings. The first kappa shape index (κ1) is 9.55. The second kappa shape index (κ2) is 5.17. The first-order valence-corrected chi connectivity index (χ1v) is 5.17. The molecular formula is C9H15NOS. The van der Waals surface area contributed by atoms with Gasteiger partial charge in [0.2, 0.25) is 0 Å². The minimum Gasteiger partial charge on any atom is -0.396 e. The third kappa shape index (κ3) is 2.50. The molecule has 0 aromatic carbocycles. The van der Waals surface area contributed by atoms with Crippen LogP contribution in [-0.2, 0) is 6.42 Å². The summed E-state index contributed by atoms with van der Waals surface area (Å²) in [6.07, 6.45) is 1.84. The van der Waals surface area contributed by atoms with E-state index in [-0.39, 0.29) is 6.61 Å². The largest absolute Gasteiger partial charge is 0.396 e. The molecule has 0 aliphatic heterocycles. The summed E-state index contributed by atoms with van der Waals surface area (Å²) in [6, 6.07) is 2.10. The van der Waals surface area contributed by atoms with Crippen LogP contribution < -0.4 is 5.32 Å². The van der Waals surface area contributed by atoms with E-state index in [1.807, 2.05) is 0 Å². The summed E-state index contributed by atoms with van der Waals surface area (Å²) in [4.78, 5) is 1.35. The second-order valence-electron chi connectivity index (χ2n) is 2.61. The van der Waals surface area contributed by atoms with E-state index in [0.29, 0.717) is 0 Å². The summed E-state index contributed by atoms with van der Waals surface area (Å²) in [6.45, 7) is 3.33. The average molecular weight is 185 g/mol. The first-order valence-electron chi connectivity index (χ1n) is 4.29. The molecule has 68 valence electrons. The molecule has 2 nitrogen and oxygen atoms in total. The Kier molecular flexibility index (Phi) is 4.11. The van der Waals surface area contributed by atoms with Crippen molar-refractivity contribution in [3.63, 3.8) is 0 Å². The molecule has 0 amide bonds. The Bertz CT molecular complexity index is 222. The zero-order valence-electron chi connectivity index (χ0n) is 7.34. The van der Waals surface area contributed by atoms with Gasteiger partial charge in [0, 0.05) is 23.7 Å². The van der Waals surface area contributed by atoms with Crippen LogP contribution in [0.15, 0.2) is 11.4 Å². The fourth-order valence-corrected chi connectivity index (χ4v) is 2.02. The summed E-state index contributed by atoms with van der Waals surface area (Å²) < 4.78 is 0. The average Bonchev–Trinajstić information content (AvgIpc) is 2.50. The second-order valence-corrected chi connectivity index (χ2v) is 3.62. The van der Waals surface area contributed by atoms with Gasteiger partial charge < -0.3 is 10.4 Å². The van der Waals surface area contributed by atoms with Crippen LogP contribution in [0.2, 0.25) is 0 Å². The molecule has 1 rings (SSSR count). The van der Waals surface area contributed by atoms with Crippen LogP contribution in [0.25, 0.3) is 0 Å². The molecule has 2 N–H and O–H groups in total. The van der Waals surface area contributed by atoms with Crippen molar-refractivity contribution >= 4 is 17.0 Å². The van der Waals surface area contributed by atoms with E-state index < -0.39 is 0 Å². The highest BCUT2D eigenvalue weighted by molar-refractivity contribution is 7.10. The number of rotatable bonds is 5. The van der Waals surface area contributed by atoms with Crippen molar-refractivity contribution in [3.05, 3.63) is 16.3 Å². The van der Waals surface area contributed by atoms with Gasteiger partial charge in [-0.05, 0) is 31.2 Å². The van der Waals surface area contributed by atoms with Gasteiger partial charge in [-0.15, -0.1) is 11.3 Å². The van der Waals surface area contributed by atoms with Crippen molar-refractivity contribution in [2.24, 2.45) is 0 Å². The van der Waals surface area contributed by atoms with Crippen LogP contribution in [0.3, 0.4) is 0 Å². The van der Waals surface area contributed by atoms with E-state index in [9.17, 15) is 0 Å². The van der Waals surface area contributed by atoms with Crippen LogP contribution in [-0.4, -0.2) is 18.3 Å². The van der Waals surface area contributed by atoms with Crippen LogP contribution >= 0.6 is 11.3 Å². The molecule has 1 aromatic heterocycles. The fourth-order valence-electron chi connectivity index (χ4n) is 1.12. The third-order valence-corrected chi connectivity index (χ3v) is 2.66. The molecular weight excluding hydrogens is 170 g/mol. The molecule has 0 radical (unpaired) electrons. The number of anilines is 1. The van der Waals surface area contributed by atoms with E-state index >= 15 is 0 Å². The number of hydrogen-bond donors (Lipinski definition) is 2. The van der Waals surface area contributed by atoms with Crippen LogP contribution in [0.4, 0.5) is 5.69 Å². The summed E-state index contributed by atoms with van der Waals surface area (Å²) in [7, 11) is 0. The smallest absolute Gasteiger partial charge is 0.0481 e. The maximum atomic E-state index is 8.67. The summed E-state index contributed by atoms with van der Waals surface area (Å²) in [5.41, 5.74) is 1.23. The van der Waals surface area contributed by atoms with Gasteiger partial charge in [0.25, 0.3) is 0 Å². The Labute approximate surface area is 77.2 Å². The zero-order valence-corrected chi connectivity index (χ0v) is 8.16. The van der Waals surface area contributed by atoms with Gasteiger partial charge in [0.05, 0.1) is 0 Å². The highest BCUT2D eigenvalue weighted by atomic mass is 32.1. The van der Waals surface area contributed by atoms with Crippen molar-refractivity contribution in [1.29, 1.82) is 0 Å². The number of aliphatic hydroxyl groups is 1. The molecule has 1 aromatic rings.